The average molecular weight is 299 g/mol. The Bertz CT molecular complexity index is 657. The van der Waals surface area contributed by atoms with E-state index in [-0.39, 0.29) is 17.8 Å². The van der Waals surface area contributed by atoms with Crippen LogP contribution in [0.4, 0.5) is 0 Å². The zero-order valence-corrected chi connectivity index (χ0v) is 12.6. The number of morpholine rings is 1. The highest BCUT2D eigenvalue weighted by molar-refractivity contribution is 5.90. The molecule has 2 aromatic rings. The molecule has 7 heteroatoms. The van der Waals surface area contributed by atoms with Crippen molar-refractivity contribution in [1.29, 1.82) is 0 Å². The summed E-state index contributed by atoms with van der Waals surface area (Å²) < 4.78 is 5.73. The summed E-state index contributed by atoms with van der Waals surface area (Å²) in [6, 6.07) is 3.59. The van der Waals surface area contributed by atoms with Crippen LogP contribution >= 0.6 is 0 Å². The van der Waals surface area contributed by atoms with Crippen LogP contribution in [0.5, 0.6) is 0 Å². The quantitative estimate of drug-likeness (QED) is 0.826. The molecular weight excluding hydrogens is 282 g/mol. The first kappa shape index (κ1) is 14.5. The molecule has 22 heavy (non-hydrogen) atoms. The third-order valence-electron chi connectivity index (χ3n) is 3.40. The third kappa shape index (κ3) is 3.09. The van der Waals surface area contributed by atoms with E-state index in [2.05, 4.69) is 19.9 Å². The number of aryl methyl sites for hydroxylation is 2. The molecule has 1 aliphatic heterocycles. The van der Waals surface area contributed by atoms with E-state index in [1.54, 1.807) is 23.4 Å². The topological polar surface area (TPSA) is 81.1 Å². The van der Waals surface area contributed by atoms with E-state index >= 15 is 0 Å². The second-order valence-corrected chi connectivity index (χ2v) is 5.19. The second-order valence-electron chi connectivity index (χ2n) is 5.19. The van der Waals surface area contributed by atoms with Gasteiger partial charge in [-0.05, 0) is 26.0 Å². The summed E-state index contributed by atoms with van der Waals surface area (Å²) in [6.07, 6.45) is 2.80. The minimum absolute atomic E-state index is 0.196. The minimum atomic E-state index is -0.319. The molecule has 3 heterocycles. The zero-order chi connectivity index (χ0) is 15.5. The van der Waals surface area contributed by atoms with Crippen molar-refractivity contribution in [2.24, 2.45) is 0 Å². The monoisotopic (exact) mass is 299 g/mol. The lowest BCUT2D eigenvalue weighted by atomic mass is 10.2. The first-order valence-corrected chi connectivity index (χ1v) is 7.13. The number of hydrogen-bond acceptors (Lipinski definition) is 6. The molecule has 2 aromatic heterocycles. The van der Waals surface area contributed by atoms with Crippen molar-refractivity contribution in [2.75, 3.05) is 19.7 Å². The van der Waals surface area contributed by atoms with Crippen LogP contribution in [-0.4, -0.2) is 50.4 Å². The molecule has 1 atom stereocenters. The summed E-state index contributed by atoms with van der Waals surface area (Å²) in [5.74, 6) is 0.617. The number of carbonyl (C=O) groups is 1. The highest BCUT2D eigenvalue weighted by Gasteiger charge is 2.29. The number of amides is 1. The Labute approximate surface area is 128 Å². The van der Waals surface area contributed by atoms with Gasteiger partial charge >= 0.3 is 0 Å². The standard InChI is InChI=1S/C15H17N5O2/c1-10-8-11(2)19-13(18-10)12-9-20(6-7-22-12)15(21)14-16-4-3-5-17-14/h3-5,8,12H,6-7,9H2,1-2H3. The SMILES string of the molecule is Cc1cc(C)nc(C2CN(C(=O)c3ncccn3)CCO2)n1. The van der Waals surface area contributed by atoms with Crippen LogP contribution in [0.3, 0.4) is 0 Å². The van der Waals surface area contributed by atoms with Crippen molar-refractivity contribution in [3.05, 3.63) is 47.6 Å². The second kappa shape index (κ2) is 6.15. The summed E-state index contributed by atoms with van der Waals surface area (Å²) in [4.78, 5) is 30.9. The molecular formula is C15H17N5O2. The van der Waals surface area contributed by atoms with Gasteiger partial charge in [-0.25, -0.2) is 19.9 Å². The van der Waals surface area contributed by atoms with Gasteiger partial charge in [0.05, 0.1) is 13.2 Å². The maximum atomic E-state index is 12.4. The fraction of sp³-hybridized carbons (Fsp3) is 0.400. The van der Waals surface area contributed by atoms with Gasteiger partial charge in [-0.2, -0.15) is 0 Å². The lowest BCUT2D eigenvalue weighted by molar-refractivity contribution is -0.0273. The average Bonchev–Trinajstić information content (AvgIpc) is 2.54. The van der Waals surface area contributed by atoms with E-state index in [9.17, 15) is 4.79 Å². The van der Waals surface area contributed by atoms with Crippen LogP contribution in [0.1, 0.15) is 33.9 Å². The largest absolute Gasteiger partial charge is 0.367 e. The number of nitrogens with zero attached hydrogens (tertiary/aromatic N) is 5. The Hall–Kier alpha value is -2.41. The molecule has 1 saturated heterocycles. The maximum Gasteiger partial charge on any atom is 0.291 e. The van der Waals surface area contributed by atoms with E-state index in [0.717, 1.165) is 11.4 Å². The predicted octanol–water partition coefficient (Wildman–Crippen LogP) is 1.10. The smallest absolute Gasteiger partial charge is 0.291 e. The molecule has 1 unspecified atom stereocenters. The highest BCUT2D eigenvalue weighted by atomic mass is 16.5. The van der Waals surface area contributed by atoms with Crippen molar-refractivity contribution in [1.82, 2.24) is 24.8 Å². The van der Waals surface area contributed by atoms with Crippen molar-refractivity contribution in [3.8, 4) is 0 Å². The normalized spacial score (nSPS) is 18.3. The van der Waals surface area contributed by atoms with Gasteiger partial charge in [-0.3, -0.25) is 4.79 Å². The van der Waals surface area contributed by atoms with Gasteiger partial charge in [0, 0.05) is 30.3 Å². The summed E-state index contributed by atoms with van der Waals surface area (Å²) in [6.45, 7) is 5.20. The van der Waals surface area contributed by atoms with Crippen LogP contribution < -0.4 is 0 Å². The van der Waals surface area contributed by atoms with Gasteiger partial charge in [-0.1, -0.05) is 0 Å². The molecule has 1 aliphatic rings. The van der Waals surface area contributed by atoms with E-state index in [0.29, 0.717) is 25.5 Å². The van der Waals surface area contributed by atoms with Crippen LogP contribution in [0.15, 0.2) is 24.5 Å². The maximum absolute atomic E-state index is 12.4. The molecule has 7 nitrogen and oxygen atoms in total. The lowest BCUT2D eigenvalue weighted by Crippen LogP contribution is -2.43. The summed E-state index contributed by atoms with van der Waals surface area (Å²) in [5, 5.41) is 0. The fourth-order valence-corrected chi connectivity index (χ4v) is 2.44. The van der Waals surface area contributed by atoms with Gasteiger partial charge in [0.2, 0.25) is 5.82 Å². The van der Waals surface area contributed by atoms with E-state index in [4.69, 9.17) is 4.74 Å². The summed E-state index contributed by atoms with van der Waals surface area (Å²) in [5.41, 5.74) is 1.78. The Morgan fingerprint density at radius 2 is 1.91 bits per heavy atom. The van der Waals surface area contributed by atoms with Crippen molar-refractivity contribution in [2.45, 2.75) is 20.0 Å². The van der Waals surface area contributed by atoms with Crippen LogP contribution in [-0.2, 0) is 4.74 Å². The van der Waals surface area contributed by atoms with Crippen LogP contribution in [0, 0.1) is 13.8 Å². The minimum Gasteiger partial charge on any atom is -0.367 e. The van der Waals surface area contributed by atoms with Crippen molar-refractivity contribution >= 4 is 5.91 Å². The predicted molar refractivity (Wildman–Crippen MR) is 78.1 cm³/mol. The van der Waals surface area contributed by atoms with Crippen molar-refractivity contribution < 1.29 is 9.53 Å². The van der Waals surface area contributed by atoms with E-state index in [1.807, 2.05) is 19.9 Å². The van der Waals surface area contributed by atoms with Gasteiger partial charge < -0.3 is 9.64 Å². The lowest BCUT2D eigenvalue weighted by Gasteiger charge is -2.31. The van der Waals surface area contributed by atoms with Gasteiger partial charge in [-0.15, -0.1) is 0 Å². The molecule has 114 valence electrons. The van der Waals surface area contributed by atoms with Crippen LogP contribution in [0.2, 0.25) is 0 Å². The zero-order valence-electron chi connectivity index (χ0n) is 12.6. The molecule has 0 N–H and O–H groups in total. The third-order valence-corrected chi connectivity index (χ3v) is 3.40. The number of hydrogen-bond donors (Lipinski definition) is 0. The van der Waals surface area contributed by atoms with Crippen molar-refractivity contribution in [3.63, 3.8) is 0 Å². The first-order valence-electron chi connectivity index (χ1n) is 7.13. The first-order chi connectivity index (χ1) is 10.6. The molecule has 0 spiro atoms. The van der Waals surface area contributed by atoms with Gasteiger partial charge in [0.25, 0.3) is 5.91 Å². The Morgan fingerprint density at radius 1 is 1.23 bits per heavy atom. The fourth-order valence-electron chi connectivity index (χ4n) is 2.44. The number of aromatic nitrogens is 4. The van der Waals surface area contributed by atoms with E-state index in [1.165, 1.54) is 0 Å². The number of rotatable bonds is 2. The Balaban J connectivity index is 1.78. The number of ether oxygens (including phenoxy) is 1. The number of carbonyl (C=O) groups excluding carboxylic acids is 1. The molecule has 1 fully saturated rings. The molecule has 0 aliphatic carbocycles. The van der Waals surface area contributed by atoms with Crippen LogP contribution in [0.25, 0.3) is 0 Å². The van der Waals surface area contributed by atoms with Gasteiger partial charge in [0.15, 0.2) is 5.82 Å². The Morgan fingerprint density at radius 3 is 2.59 bits per heavy atom. The van der Waals surface area contributed by atoms with E-state index < -0.39 is 0 Å². The Kier molecular flexibility index (Phi) is 4.06. The summed E-state index contributed by atoms with van der Waals surface area (Å²) >= 11 is 0. The molecule has 3 rings (SSSR count). The highest BCUT2D eigenvalue weighted by Crippen LogP contribution is 2.20. The molecule has 0 aromatic carbocycles. The molecule has 0 saturated carbocycles. The summed E-state index contributed by atoms with van der Waals surface area (Å²) in [7, 11) is 0. The van der Waals surface area contributed by atoms with Gasteiger partial charge in [0.1, 0.15) is 6.10 Å². The molecule has 1 amide bonds. The molecule has 0 bridgehead atoms. The molecule has 0 radical (unpaired) electrons.